The van der Waals surface area contributed by atoms with Gasteiger partial charge in [0.25, 0.3) is 0 Å². The van der Waals surface area contributed by atoms with Crippen molar-refractivity contribution in [2.45, 2.75) is 82.0 Å². The van der Waals surface area contributed by atoms with Gasteiger partial charge in [-0.25, -0.2) is 0 Å². The number of hydrogen-bond donors (Lipinski definition) is 1. The van der Waals surface area contributed by atoms with Crippen LogP contribution in [0.4, 0.5) is 0 Å². The van der Waals surface area contributed by atoms with Crippen LogP contribution in [0.5, 0.6) is 0 Å². The maximum atomic E-state index is 6.21. The van der Waals surface area contributed by atoms with Crippen molar-refractivity contribution < 1.29 is 2.74 Å². The van der Waals surface area contributed by atoms with Gasteiger partial charge in [-0.15, -0.1) is 5.10 Å². The van der Waals surface area contributed by atoms with Gasteiger partial charge in [0.15, 0.2) is 0 Å². The number of hydrogen-bond acceptors (Lipinski definition) is 4. The third-order valence-electron chi connectivity index (χ3n) is 1.97. The van der Waals surface area contributed by atoms with E-state index in [1.807, 2.05) is 19.3 Å². The molecule has 0 amide bonds. The van der Waals surface area contributed by atoms with Crippen LogP contribution < -0.4 is 5.43 Å². The van der Waals surface area contributed by atoms with Crippen LogP contribution in [0.15, 0.2) is 29.8 Å². The standard InChI is InChI=1S/C6H10N2.C4H7N3.2C2H6.2CH3B.CH4/c1-2-6-4-3-5-7-8-6;1-2-7-4-3-5-6-7;4*1-2;/h3,5,7H,2,4H2,1H3;3-4H,2H2,1H3;2*1-2H3;2*1H3;1H4/i;;2*1D;;;. The predicted octanol–water partition coefficient (Wildman–Crippen LogP) is 4.65. The average molecular weight is 337 g/mol. The molecule has 0 unspecified atom stereocenters. The fourth-order valence-corrected chi connectivity index (χ4v) is 1.05. The van der Waals surface area contributed by atoms with Gasteiger partial charge in [-0.05, 0) is 13.3 Å². The molecule has 5 nitrogen and oxygen atoms in total. The van der Waals surface area contributed by atoms with Crippen LogP contribution in [-0.4, -0.2) is 36.4 Å². The highest BCUT2D eigenvalue weighted by atomic mass is 15.4. The van der Waals surface area contributed by atoms with Gasteiger partial charge in [-0.1, -0.05) is 66.9 Å². The molecule has 2 heterocycles. The molecule has 1 aliphatic rings. The molecule has 1 aromatic heterocycles. The zero-order valence-electron chi connectivity index (χ0n) is 17.8. The van der Waals surface area contributed by atoms with Crippen molar-refractivity contribution in [2.75, 3.05) is 0 Å². The van der Waals surface area contributed by atoms with Crippen molar-refractivity contribution in [1.29, 1.82) is 0 Å². The van der Waals surface area contributed by atoms with Gasteiger partial charge >= 0.3 is 0 Å². The fourth-order valence-electron chi connectivity index (χ4n) is 1.05. The largest absolute Gasteiger partial charge is 0.286 e. The van der Waals surface area contributed by atoms with Crippen molar-refractivity contribution in [3.63, 3.8) is 0 Å². The Morgan fingerprint density at radius 2 is 1.75 bits per heavy atom. The minimum atomic E-state index is 0. The van der Waals surface area contributed by atoms with Gasteiger partial charge in [0.05, 0.1) is 21.9 Å². The summed E-state index contributed by atoms with van der Waals surface area (Å²) in [6.07, 6.45) is 9.51. The molecule has 2 rings (SSSR count). The first kappa shape index (κ1) is 27.3. The summed E-state index contributed by atoms with van der Waals surface area (Å²) in [6.45, 7) is 12.6. The molecule has 0 bridgehead atoms. The van der Waals surface area contributed by atoms with E-state index in [0.29, 0.717) is 13.8 Å². The second-order valence-electron chi connectivity index (χ2n) is 3.03. The van der Waals surface area contributed by atoms with Crippen molar-refractivity contribution >= 4 is 21.4 Å². The van der Waals surface area contributed by atoms with E-state index in [4.69, 9.17) is 2.74 Å². The summed E-state index contributed by atoms with van der Waals surface area (Å²) in [6, 6.07) is 0. The van der Waals surface area contributed by atoms with Gasteiger partial charge in [-0.2, -0.15) is 5.10 Å². The normalized spacial score (nSPS) is 10.5. The Morgan fingerprint density at radius 3 is 1.96 bits per heavy atom. The highest BCUT2D eigenvalue weighted by Gasteiger charge is 1.94. The Balaban J connectivity index is -0.0000000749. The lowest BCUT2D eigenvalue weighted by atomic mass is 10.2. The maximum Gasteiger partial charge on any atom is 0.0692 e. The average Bonchev–Trinajstić information content (AvgIpc) is 3.21. The molecule has 0 saturated heterocycles. The smallest absolute Gasteiger partial charge is 0.0692 e. The highest BCUT2D eigenvalue weighted by molar-refractivity contribution is 6.05. The second kappa shape index (κ2) is 37.6. The summed E-state index contributed by atoms with van der Waals surface area (Å²) in [5.74, 6) is 0. The van der Waals surface area contributed by atoms with Gasteiger partial charge in [0.1, 0.15) is 0 Å². The first-order valence-corrected chi connectivity index (χ1v) is 7.73. The van der Waals surface area contributed by atoms with Gasteiger partial charge in [0.2, 0.25) is 0 Å². The lowest BCUT2D eigenvalue weighted by Crippen LogP contribution is -2.07. The van der Waals surface area contributed by atoms with E-state index in [2.05, 4.69) is 49.5 Å². The molecule has 0 saturated carbocycles. The lowest BCUT2D eigenvalue weighted by molar-refractivity contribution is 0.627. The van der Waals surface area contributed by atoms with Gasteiger partial charge < -0.3 is 0 Å². The summed E-state index contributed by atoms with van der Waals surface area (Å²) in [5, 5.41) is 11.3. The number of allylic oxidation sites excluding steroid dienone is 1. The molecule has 0 aromatic carbocycles. The Morgan fingerprint density at radius 1 is 1.21 bits per heavy atom. The molecule has 4 radical (unpaired) electrons. The summed E-state index contributed by atoms with van der Waals surface area (Å²) < 4.78 is 14.2. The topological polar surface area (TPSA) is 55.1 Å². The molecule has 1 aliphatic heterocycles. The van der Waals surface area contributed by atoms with Crippen LogP contribution in [-0.2, 0) is 6.54 Å². The molecular weight excluding hydrogens is 296 g/mol. The number of nitrogens with zero attached hydrogens (tertiary/aromatic N) is 4. The molecular formula is C17H39B2N5. The summed E-state index contributed by atoms with van der Waals surface area (Å²) in [7, 11) is 9.00. The van der Waals surface area contributed by atoms with E-state index in [9.17, 15) is 0 Å². The van der Waals surface area contributed by atoms with E-state index in [-0.39, 0.29) is 7.43 Å². The third-order valence-corrected chi connectivity index (χ3v) is 1.97. The van der Waals surface area contributed by atoms with Gasteiger partial charge in [0, 0.05) is 33.8 Å². The Bertz CT molecular complexity index is 360. The molecule has 7 heteroatoms. The second-order valence-corrected chi connectivity index (χ2v) is 3.03. The minimum absolute atomic E-state index is 0. The Hall–Kier alpha value is -1.52. The van der Waals surface area contributed by atoms with E-state index >= 15 is 0 Å². The maximum absolute atomic E-state index is 6.21. The van der Waals surface area contributed by atoms with Crippen molar-refractivity contribution in [2.24, 2.45) is 5.10 Å². The van der Waals surface area contributed by atoms with Crippen LogP contribution in [0.25, 0.3) is 0 Å². The van der Waals surface area contributed by atoms with Crippen LogP contribution in [0.3, 0.4) is 0 Å². The molecule has 138 valence electrons. The first-order valence-electron chi connectivity index (χ1n) is 9.15. The van der Waals surface area contributed by atoms with Crippen LogP contribution >= 0.6 is 0 Å². The monoisotopic (exact) mass is 337 g/mol. The highest BCUT2D eigenvalue weighted by Crippen LogP contribution is 1.96. The number of aromatic nitrogens is 3. The van der Waals surface area contributed by atoms with E-state index in [1.165, 1.54) is 19.4 Å². The lowest BCUT2D eigenvalue weighted by Gasteiger charge is -2.03. The van der Waals surface area contributed by atoms with E-state index in [1.54, 1.807) is 24.7 Å². The zero-order chi connectivity index (χ0) is 20.3. The molecule has 1 N–H and O–H groups in total. The number of hydrazone groups is 1. The molecule has 0 fully saturated rings. The van der Waals surface area contributed by atoms with Crippen LogP contribution in [0.1, 0.15) is 64.5 Å². The SMILES string of the molecule is C.CCC1=NNC=CC1.CCn1ccnn1.[2H]CC.[2H]CC.[B]C.[B]C. The van der Waals surface area contributed by atoms with Crippen LogP contribution in [0, 0.1) is 0 Å². The molecule has 0 atom stereocenters. The summed E-state index contributed by atoms with van der Waals surface area (Å²) >= 11 is 0. The quantitative estimate of drug-likeness (QED) is 0.799. The number of aryl methyl sites for hydroxylation is 1. The van der Waals surface area contributed by atoms with Crippen LogP contribution in [0.2, 0.25) is 13.6 Å². The summed E-state index contributed by atoms with van der Waals surface area (Å²) in [5.41, 5.74) is 4.02. The predicted molar refractivity (Wildman–Crippen MR) is 113 cm³/mol. The number of nitrogens with one attached hydrogen (secondary N) is 1. The van der Waals surface area contributed by atoms with Gasteiger partial charge in [-0.3, -0.25) is 10.1 Å². The van der Waals surface area contributed by atoms with E-state index < -0.39 is 0 Å². The molecule has 0 aliphatic carbocycles. The van der Waals surface area contributed by atoms with Crippen molar-refractivity contribution in [3.8, 4) is 0 Å². The Kier molecular flexibility index (Phi) is 42.8. The molecule has 24 heavy (non-hydrogen) atoms. The Labute approximate surface area is 157 Å². The first-order chi connectivity index (χ1) is 12.2. The third kappa shape index (κ3) is 25.4. The molecule has 1 aromatic rings. The zero-order valence-corrected chi connectivity index (χ0v) is 15.8. The fraction of sp³-hybridized carbons (Fsp3) is 0.706. The van der Waals surface area contributed by atoms with Crippen molar-refractivity contribution in [1.82, 2.24) is 20.4 Å². The summed E-state index contributed by atoms with van der Waals surface area (Å²) in [4.78, 5) is 0. The molecule has 0 spiro atoms. The number of rotatable bonds is 2. The van der Waals surface area contributed by atoms with E-state index in [0.717, 1.165) is 19.4 Å². The van der Waals surface area contributed by atoms with Crippen molar-refractivity contribution in [3.05, 3.63) is 24.7 Å². The minimum Gasteiger partial charge on any atom is -0.286 e.